The molecule has 2 aliphatic rings. The standard InChI is InChI=1S/C8H20O3Si.C6H10O3/c1-4-10-12(3,11-5-2)8-6-7-9;1(5-3-8-5)7-2-6-4-9-6/h9H,4-8H2,1-3H3;5-6H,1-4H2. The highest BCUT2D eigenvalue weighted by atomic mass is 28.4. The Bertz CT molecular complexity index is 240. The second kappa shape index (κ2) is 10.7. The predicted octanol–water partition coefficient (Wildman–Crippen LogP) is 1.31. The summed E-state index contributed by atoms with van der Waals surface area (Å²) >= 11 is 0. The molecule has 0 radical (unpaired) electrons. The minimum absolute atomic E-state index is 0.225. The fourth-order valence-corrected chi connectivity index (χ4v) is 4.25. The zero-order valence-corrected chi connectivity index (χ0v) is 14.5. The van der Waals surface area contributed by atoms with E-state index in [1.165, 1.54) is 0 Å². The monoisotopic (exact) mass is 322 g/mol. The predicted molar refractivity (Wildman–Crippen MR) is 81.7 cm³/mol. The molecule has 6 nitrogen and oxygen atoms in total. The van der Waals surface area contributed by atoms with Crippen molar-refractivity contribution in [1.82, 2.24) is 0 Å². The fourth-order valence-electron chi connectivity index (χ4n) is 1.86. The second-order valence-electron chi connectivity index (χ2n) is 5.28. The summed E-state index contributed by atoms with van der Waals surface area (Å²) in [6, 6.07) is 0.880. The molecule has 2 unspecified atom stereocenters. The summed E-state index contributed by atoms with van der Waals surface area (Å²) in [6.45, 7) is 10.9. The van der Waals surface area contributed by atoms with Gasteiger partial charge in [0.05, 0.1) is 26.4 Å². The molecule has 0 bridgehead atoms. The van der Waals surface area contributed by atoms with Gasteiger partial charge < -0.3 is 28.2 Å². The molecule has 1 N–H and O–H groups in total. The maximum atomic E-state index is 8.68. The molecule has 0 aromatic rings. The van der Waals surface area contributed by atoms with Crippen molar-refractivity contribution in [2.75, 3.05) is 46.2 Å². The van der Waals surface area contributed by atoms with Crippen LogP contribution < -0.4 is 0 Å². The van der Waals surface area contributed by atoms with Crippen LogP contribution in [0.5, 0.6) is 0 Å². The number of hydrogen-bond acceptors (Lipinski definition) is 6. The molecule has 2 aliphatic heterocycles. The number of epoxide rings is 2. The molecule has 7 heteroatoms. The van der Waals surface area contributed by atoms with Gasteiger partial charge in [-0.3, -0.25) is 0 Å². The lowest BCUT2D eigenvalue weighted by molar-refractivity contribution is 0.102. The molecule has 21 heavy (non-hydrogen) atoms. The number of rotatable bonds is 11. The normalized spacial score (nSPS) is 23.4. The zero-order valence-electron chi connectivity index (χ0n) is 13.5. The zero-order chi connectivity index (χ0) is 15.6. The summed E-state index contributed by atoms with van der Waals surface area (Å²) < 4.78 is 26.3. The van der Waals surface area contributed by atoms with Gasteiger partial charge in [0.1, 0.15) is 12.2 Å². The first kappa shape index (κ1) is 19.0. The topological polar surface area (TPSA) is 73.0 Å². The maximum Gasteiger partial charge on any atom is 0.334 e. The molecular formula is C14H30O6Si. The van der Waals surface area contributed by atoms with Gasteiger partial charge in [-0.1, -0.05) is 0 Å². The van der Waals surface area contributed by atoms with Crippen LogP contribution in [0, 0.1) is 0 Å². The molecule has 2 saturated heterocycles. The van der Waals surface area contributed by atoms with Crippen LogP contribution in [0.3, 0.4) is 0 Å². The summed E-state index contributed by atoms with van der Waals surface area (Å²) in [4.78, 5) is 0. The van der Waals surface area contributed by atoms with E-state index in [1.807, 2.05) is 13.8 Å². The molecule has 0 spiro atoms. The van der Waals surface area contributed by atoms with Crippen molar-refractivity contribution in [1.29, 1.82) is 0 Å². The molecule has 2 rings (SSSR count). The van der Waals surface area contributed by atoms with E-state index in [0.717, 1.165) is 38.9 Å². The summed E-state index contributed by atoms with van der Waals surface area (Å²) in [6.07, 6.45) is 1.57. The molecular weight excluding hydrogens is 292 g/mol. The minimum atomic E-state index is -1.93. The van der Waals surface area contributed by atoms with E-state index in [2.05, 4.69) is 6.55 Å². The molecule has 2 fully saturated rings. The van der Waals surface area contributed by atoms with E-state index in [9.17, 15) is 0 Å². The minimum Gasteiger partial charge on any atom is -0.396 e. The van der Waals surface area contributed by atoms with Gasteiger partial charge in [-0.15, -0.1) is 0 Å². The van der Waals surface area contributed by atoms with Gasteiger partial charge in [0.2, 0.25) is 0 Å². The SMILES string of the molecule is C(OCC1CO1)C1CO1.CCO[Si](C)(CCCO)OCC. The summed E-state index contributed by atoms with van der Waals surface area (Å²) in [5.74, 6) is 0. The first-order chi connectivity index (χ1) is 10.1. The van der Waals surface area contributed by atoms with E-state index in [0.29, 0.717) is 25.4 Å². The van der Waals surface area contributed by atoms with E-state index >= 15 is 0 Å². The highest BCUT2D eigenvalue weighted by Crippen LogP contribution is 2.15. The molecule has 2 atom stereocenters. The Hall–Kier alpha value is -0.0231. The number of aliphatic hydroxyl groups is 1. The molecule has 0 aromatic carbocycles. The molecule has 0 aliphatic carbocycles. The molecule has 2 heterocycles. The van der Waals surface area contributed by atoms with Crippen LogP contribution >= 0.6 is 0 Å². The second-order valence-corrected chi connectivity index (χ2v) is 8.62. The van der Waals surface area contributed by atoms with Crippen LogP contribution in [0.4, 0.5) is 0 Å². The van der Waals surface area contributed by atoms with Crippen molar-refractivity contribution < 1.29 is 28.2 Å². The fraction of sp³-hybridized carbons (Fsp3) is 1.00. The van der Waals surface area contributed by atoms with E-state index in [4.69, 9.17) is 28.2 Å². The van der Waals surface area contributed by atoms with Crippen molar-refractivity contribution in [3.63, 3.8) is 0 Å². The lowest BCUT2D eigenvalue weighted by Gasteiger charge is -2.25. The number of ether oxygens (including phenoxy) is 3. The Balaban J connectivity index is 0.000000216. The van der Waals surface area contributed by atoms with Gasteiger partial charge in [-0.2, -0.15) is 0 Å². The summed E-state index contributed by atoms with van der Waals surface area (Å²) in [5, 5.41) is 8.68. The number of aliphatic hydroxyl groups excluding tert-OH is 1. The van der Waals surface area contributed by atoms with Crippen molar-refractivity contribution >= 4 is 8.56 Å². The van der Waals surface area contributed by atoms with Crippen molar-refractivity contribution in [3.8, 4) is 0 Å². The first-order valence-electron chi connectivity index (χ1n) is 7.83. The van der Waals surface area contributed by atoms with Crippen LogP contribution in [-0.4, -0.2) is 72.1 Å². The lowest BCUT2D eigenvalue weighted by Crippen LogP contribution is -2.38. The highest BCUT2D eigenvalue weighted by Gasteiger charge is 2.29. The Morgan fingerprint density at radius 3 is 1.86 bits per heavy atom. The Morgan fingerprint density at radius 1 is 1.05 bits per heavy atom. The Labute approximate surface area is 128 Å². The average molecular weight is 322 g/mol. The van der Waals surface area contributed by atoms with Crippen LogP contribution in [0.2, 0.25) is 12.6 Å². The van der Waals surface area contributed by atoms with Crippen LogP contribution in [0.25, 0.3) is 0 Å². The lowest BCUT2D eigenvalue weighted by atomic mass is 10.5. The third-order valence-corrected chi connectivity index (χ3v) is 6.16. The molecule has 0 aromatic heterocycles. The third kappa shape index (κ3) is 10.3. The summed E-state index contributed by atoms with van der Waals surface area (Å²) in [7, 11) is -1.93. The van der Waals surface area contributed by atoms with Gasteiger partial charge in [-0.05, 0) is 32.9 Å². The molecule has 126 valence electrons. The first-order valence-corrected chi connectivity index (χ1v) is 10.4. The van der Waals surface area contributed by atoms with E-state index in [-0.39, 0.29) is 6.61 Å². The largest absolute Gasteiger partial charge is 0.396 e. The van der Waals surface area contributed by atoms with Crippen LogP contribution in [0.15, 0.2) is 0 Å². The summed E-state index contributed by atoms with van der Waals surface area (Å²) in [5.41, 5.74) is 0. The van der Waals surface area contributed by atoms with E-state index < -0.39 is 8.56 Å². The van der Waals surface area contributed by atoms with Crippen molar-refractivity contribution in [3.05, 3.63) is 0 Å². The third-order valence-electron chi connectivity index (χ3n) is 3.10. The van der Waals surface area contributed by atoms with Crippen LogP contribution in [-0.2, 0) is 23.1 Å². The Morgan fingerprint density at radius 2 is 1.52 bits per heavy atom. The van der Waals surface area contributed by atoms with Crippen molar-refractivity contribution in [2.45, 2.75) is 45.1 Å². The maximum absolute atomic E-state index is 8.68. The average Bonchev–Trinajstić information content (AvgIpc) is 3.32. The number of hydrogen-bond donors (Lipinski definition) is 1. The quantitative estimate of drug-likeness (QED) is 0.457. The molecule has 0 saturated carbocycles. The smallest absolute Gasteiger partial charge is 0.334 e. The van der Waals surface area contributed by atoms with E-state index in [1.54, 1.807) is 0 Å². The van der Waals surface area contributed by atoms with Crippen LogP contribution in [0.1, 0.15) is 20.3 Å². The Kier molecular flexibility index (Phi) is 9.66. The van der Waals surface area contributed by atoms with Gasteiger partial charge >= 0.3 is 8.56 Å². The highest BCUT2D eigenvalue weighted by molar-refractivity contribution is 6.66. The van der Waals surface area contributed by atoms with Gasteiger partial charge in [-0.25, -0.2) is 0 Å². The van der Waals surface area contributed by atoms with Gasteiger partial charge in [0, 0.05) is 19.8 Å². The van der Waals surface area contributed by atoms with Gasteiger partial charge in [0.25, 0.3) is 0 Å². The van der Waals surface area contributed by atoms with Crippen molar-refractivity contribution in [2.24, 2.45) is 0 Å². The molecule has 0 amide bonds. The van der Waals surface area contributed by atoms with Gasteiger partial charge in [0.15, 0.2) is 0 Å².